The number of halogens is 1. The summed E-state index contributed by atoms with van der Waals surface area (Å²) in [5.41, 5.74) is 6.42. The number of benzene rings is 1. The van der Waals surface area contributed by atoms with Crippen LogP contribution in [0.25, 0.3) is 0 Å². The van der Waals surface area contributed by atoms with Gasteiger partial charge in [0.1, 0.15) is 5.75 Å². The van der Waals surface area contributed by atoms with Gasteiger partial charge in [0, 0.05) is 16.6 Å². The lowest BCUT2D eigenvalue weighted by Gasteiger charge is -2.15. The lowest BCUT2D eigenvalue weighted by molar-refractivity contribution is -0.147. The fourth-order valence-corrected chi connectivity index (χ4v) is 1.64. The molecule has 16 heavy (non-hydrogen) atoms. The van der Waals surface area contributed by atoms with Crippen molar-refractivity contribution in [2.24, 2.45) is 5.73 Å². The van der Waals surface area contributed by atoms with E-state index in [9.17, 15) is 4.79 Å². The van der Waals surface area contributed by atoms with E-state index in [1.165, 1.54) is 7.11 Å². The van der Waals surface area contributed by atoms with E-state index < -0.39 is 12.1 Å². The first-order valence-electron chi connectivity index (χ1n) is 4.81. The maximum Gasteiger partial charge on any atom is 0.346 e. The molecule has 1 aromatic rings. The van der Waals surface area contributed by atoms with Crippen LogP contribution >= 0.6 is 15.9 Å². The highest BCUT2D eigenvalue weighted by Gasteiger charge is 2.16. The zero-order chi connectivity index (χ0) is 12.1. The van der Waals surface area contributed by atoms with Gasteiger partial charge in [0.15, 0.2) is 6.10 Å². The molecule has 1 atom stereocenters. The van der Waals surface area contributed by atoms with Gasteiger partial charge in [-0.25, -0.2) is 4.79 Å². The molecule has 0 bridgehead atoms. The molecule has 0 aliphatic carbocycles. The molecule has 0 heterocycles. The van der Waals surface area contributed by atoms with Gasteiger partial charge in [-0.3, -0.25) is 0 Å². The number of hydrogen-bond acceptors (Lipinski definition) is 4. The average molecular weight is 288 g/mol. The molecule has 0 saturated heterocycles. The van der Waals surface area contributed by atoms with Gasteiger partial charge in [0.25, 0.3) is 0 Å². The summed E-state index contributed by atoms with van der Waals surface area (Å²) in [5, 5.41) is 0. The summed E-state index contributed by atoms with van der Waals surface area (Å²) in [6.45, 7) is 1.98. The Bertz CT molecular complexity index is 381. The van der Waals surface area contributed by atoms with Gasteiger partial charge in [-0.15, -0.1) is 0 Å². The zero-order valence-corrected chi connectivity index (χ0v) is 10.8. The Hall–Kier alpha value is -1.07. The van der Waals surface area contributed by atoms with Crippen LogP contribution in [0.1, 0.15) is 12.5 Å². The summed E-state index contributed by atoms with van der Waals surface area (Å²) >= 11 is 3.34. The average Bonchev–Trinajstić information content (AvgIpc) is 2.30. The molecular weight excluding hydrogens is 274 g/mol. The second-order valence-corrected chi connectivity index (χ2v) is 4.16. The van der Waals surface area contributed by atoms with Gasteiger partial charge < -0.3 is 15.2 Å². The van der Waals surface area contributed by atoms with Crippen LogP contribution in [0.5, 0.6) is 5.75 Å². The van der Waals surface area contributed by atoms with Gasteiger partial charge in [0.2, 0.25) is 0 Å². The summed E-state index contributed by atoms with van der Waals surface area (Å²) in [7, 11) is 1.33. The van der Waals surface area contributed by atoms with Crippen molar-refractivity contribution in [3.05, 3.63) is 28.2 Å². The highest BCUT2D eigenvalue weighted by molar-refractivity contribution is 9.10. The summed E-state index contributed by atoms with van der Waals surface area (Å²) < 4.78 is 11.0. The Kier molecular flexibility index (Phi) is 4.76. The van der Waals surface area contributed by atoms with Crippen LogP contribution in [0, 0.1) is 0 Å². The largest absolute Gasteiger partial charge is 0.479 e. The second-order valence-electron chi connectivity index (χ2n) is 3.24. The number of nitrogens with two attached hydrogens (primary N) is 1. The summed E-state index contributed by atoms with van der Waals surface area (Å²) in [5.74, 6) is 0.189. The molecular formula is C11H14BrNO3. The number of esters is 1. The van der Waals surface area contributed by atoms with Crippen LogP contribution in [-0.2, 0) is 16.1 Å². The third kappa shape index (κ3) is 3.21. The number of carbonyl (C=O) groups excluding carboxylic acids is 1. The van der Waals surface area contributed by atoms with Crippen molar-refractivity contribution in [2.45, 2.75) is 19.6 Å². The maximum absolute atomic E-state index is 11.2. The van der Waals surface area contributed by atoms with E-state index in [1.807, 2.05) is 12.1 Å². The van der Waals surface area contributed by atoms with Crippen molar-refractivity contribution < 1.29 is 14.3 Å². The first-order valence-corrected chi connectivity index (χ1v) is 5.60. The van der Waals surface area contributed by atoms with Crippen LogP contribution in [-0.4, -0.2) is 19.2 Å². The fraction of sp³-hybridized carbons (Fsp3) is 0.364. The number of ether oxygens (including phenoxy) is 2. The standard InChI is InChI=1S/C11H14BrNO3/c1-7(11(14)15-2)16-10-4-3-9(12)5-8(10)6-13/h3-5,7H,6,13H2,1-2H3. The Morgan fingerprint density at radius 1 is 1.56 bits per heavy atom. The van der Waals surface area contributed by atoms with Crippen molar-refractivity contribution in [1.29, 1.82) is 0 Å². The fourth-order valence-electron chi connectivity index (χ4n) is 1.23. The quantitative estimate of drug-likeness (QED) is 0.859. The molecule has 4 nitrogen and oxygen atoms in total. The SMILES string of the molecule is COC(=O)C(C)Oc1ccc(Br)cc1CN. The number of methoxy groups -OCH3 is 1. The first-order chi connectivity index (χ1) is 7.58. The van der Waals surface area contributed by atoms with Gasteiger partial charge in [-0.2, -0.15) is 0 Å². The van der Waals surface area contributed by atoms with Crippen molar-refractivity contribution >= 4 is 21.9 Å². The van der Waals surface area contributed by atoms with Crippen LogP contribution in [0.3, 0.4) is 0 Å². The molecule has 5 heteroatoms. The van der Waals surface area contributed by atoms with Crippen LogP contribution in [0.2, 0.25) is 0 Å². The topological polar surface area (TPSA) is 61.5 Å². The molecule has 0 radical (unpaired) electrons. The Morgan fingerprint density at radius 2 is 2.25 bits per heavy atom. The molecule has 2 N–H and O–H groups in total. The molecule has 88 valence electrons. The molecule has 0 aromatic heterocycles. The highest BCUT2D eigenvalue weighted by Crippen LogP contribution is 2.23. The molecule has 1 aromatic carbocycles. The molecule has 1 rings (SSSR count). The predicted octanol–water partition coefficient (Wildman–Crippen LogP) is 1.85. The van der Waals surface area contributed by atoms with E-state index in [4.69, 9.17) is 10.5 Å². The minimum absolute atomic E-state index is 0.350. The Balaban J connectivity index is 2.84. The van der Waals surface area contributed by atoms with Crippen molar-refractivity contribution in [3.8, 4) is 5.75 Å². The predicted molar refractivity (Wildman–Crippen MR) is 64.1 cm³/mol. The lowest BCUT2D eigenvalue weighted by atomic mass is 10.2. The third-order valence-electron chi connectivity index (χ3n) is 2.08. The van der Waals surface area contributed by atoms with Crippen LogP contribution in [0.15, 0.2) is 22.7 Å². The van der Waals surface area contributed by atoms with Crippen LogP contribution < -0.4 is 10.5 Å². The van der Waals surface area contributed by atoms with Crippen molar-refractivity contribution in [2.75, 3.05) is 7.11 Å². The molecule has 1 unspecified atom stereocenters. The van der Waals surface area contributed by atoms with Crippen molar-refractivity contribution in [1.82, 2.24) is 0 Å². The lowest BCUT2D eigenvalue weighted by Crippen LogP contribution is -2.25. The molecule has 0 saturated carbocycles. The molecule has 0 amide bonds. The minimum atomic E-state index is -0.642. The van der Waals surface area contributed by atoms with E-state index in [0.717, 1.165) is 10.0 Å². The number of rotatable bonds is 4. The van der Waals surface area contributed by atoms with E-state index in [1.54, 1.807) is 13.0 Å². The maximum atomic E-state index is 11.2. The summed E-state index contributed by atoms with van der Waals surface area (Å²) in [4.78, 5) is 11.2. The second kappa shape index (κ2) is 5.86. The minimum Gasteiger partial charge on any atom is -0.479 e. The highest BCUT2D eigenvalue weighted by atomic mass is 79.9. The number of hydrogen-bond donors (Lipinski definition) is 1. The van der Waals surface area contributed by atoms with Gasteiger partial charge >= 0.3 is 5.97 Å². The van der Waals surface area contributed by atoms with E-state index in [0.29, 0.717) is 12.3 Å². The number of carbonyl (C=O) groups is 1. The summed E-state index contributed by atoms with van der Waals surface area (Å²) in [6.07, 6.45) is -0.642. The molecule has 0 spiro atoms. The molecule has 0 aliphatic rings. The zero-order valence-electron chi connectivity index (χ0n) is 9.20. The van der Waals surface area contributed by atoms with Gasteiger partial charge in [-0.1, -0.05) is 15.9 Å². The van der Waals surface area contributed by atoms with E-state index in [2.05, 4.69) is 20.7 Å². The van der Waals surface area contributed by atoms with Crippen molar-refractivity contribution in [3.63, 3.8) is 0 Å². The Labute approximate surface area is 103 Å². The first kappa shape index (κ1) is 13.0. The van der Waals surface area contributed by atoms with Gasteiger partial charge in [-0.05, 0) is 25.1 Å². The Morgan fingerprint density at radius 3 is 2.81 bits per heavy atom. The normalized spacial score (nSPS) is 12.0. The molecule has 0 aliphatic heterocycles. The van der Waals surface area contributed by atoms with Crippen LogP contribution in [0.4, 0.5) is 0 Å². The summed E-state index contributed by atoms with van der Waals surface area (Å²) in [6, 6.07) is 5.46. The van der Waals surface area contributed by atoms with E-state index >= 15 is 0 Å². The smallest absolute Gasteiger partial charge is 0.346 e. The third-order valence-corrected chi connectivity index (χ3v) is 2.57. The van der Waals surface area contributed by atoms with Gasteiger partial charge in [0.05, 0.1) is 7.11 Å². The van der Waals surface area contributed by atoms with E-state index in [-0.39, 0.29) is 0 Å². The monoisotopic (exact) mass is 287 g/mol. The molecule has 0 fully saturated rings.